The third-order valence-electron chi connectivity index (χ3n) is 2.60. The zero-order valence-corrected chi connectivity index (χ0v) is 11.2. The molecule has 5 heteroatoms. The van der Waals surface area contributed by atoms with Crippen molar-refractivity contribution in [2.75, 3.05) is 13.2 Å². The summed E-state index contributed by atoms with van der Waals surface area (Å²) in [5.74, 6) is -0.147. The van der Waals surface area contributed by atoms with E-state index in [0.717, 1.165) is 6.42 Å². The fourth-order valence-corrected chi connectivity index (χ4v) is 1.80. The number of carbonyl (C=O) groups excluding carboxylic acids is 2. The highest BCUT2D eigenvalue weighted by Gasteiger charge is 2.33. The van der Waals surface area contributed by atoms with Crippen LogP contribution in [0, 0.1) is 5.92 Å². The number of alkyl carbamates (subject to hydrolysis) is 1. The van der Waals surface area contributed by atoms with Crippen LogP contribution in [-0.2, 0) is 14.3 Å². The highest BCUT2D eigenvalue weighted by molar-refractivity contribution is 5.93. The number of ether oxygens (including phenoxy) is 2. The van der Waals surface area contributed by atoms with E-state index in [2.05, 4.69) is 11.9 Å². The van der Waals surface area contributed by atoms with Gasteiger partial charge in [-0.25, -0.2) is 4.79 Å². The Morgan fingerprint density at radius 1 is 1.50 bits per heavy atom. The van der Waals surface area contributed by atoms with Crippen molar-refractivity contribution >= 4 is 11.9 Å². The molecule has 1 aliphatic heterocycles. The summed E-state index contributed by atoms with van der Waals surface area (Å²) in [7, 11) is 0. The average molecular weight is 255 g/mol. The molecule has 1 fully saturated rings. The highest BCUT2D eigenvalue weighted by Crippen LogP contribution is 2.21. The Bertz CT molecular complexity index is 332. The molecule has 0 aromatic carbocycles. The van der Waals surface area contributed by atoms with E-state index in [-0.39, 0.29) is 11.7 Å². The molecule has 2 atom stereocenters. The van der Waals surface area contributed by atoms with Crippen LogP contribution in [0.4, 0.5) is 4.79 Å². The molecule has 1 heterocycles. The van der Waals surface area contributed by atoms with Gasteiger partial charge in [-0.1, -0.05) is 6.58 Å². The Morgan fingerprint density at radius 2 is 2.17 bits per heavy atom. The molecule has 0 saturated carbocycles. The number of rotatable bonds is 4. The predicted molar refractivity (Wildman–Crippen MR) is 67.3 cm³/mol. The number of ketones is 1. The van der Waals surface area contributed by atoms with Gasteiger partial charge in [-0.15, -0.1) is 0 Å². The second kappa shape index (κ2) is 6.00. The lowest BCUT2D eigenvalue weighted by Gasteiger charge is -2.21. The summed E-state index contributed by atoms with van der Waals surface area (Å²) in [4.78, 5) is 23.0. The van der Waals surface area contributed by atoms with Gasteiger partial charge in [0.15, 0.2) is 5.78 Å². The molecule has 1 rings (SSSR count). The van der Waals surface area contributed by atoms with Gasteiger partial charge in [0, 0.05) is 19.1 Å². The SMILES string of the molecule is C=CC(=O)[C@H]1OCC[C@H]1CNC(=O)OC(C)(C)C. The lowest BCUT2D eigenvalue weighted by atomic mass is 9.98. The van der Waals surface area contributed by atoms with E-state index in [4.69, 9.17) is 9.47 Å². The Hall–Kier alpha value is -1.36. The van der Waals surface area contributed by atoms with Crippen molar-refractivity contribution in [2.45, 2.75) is 38.9 Å². The third-order valence-corrected chi connectivity index (χ3v) is 2.60. The number of hydrogen-bond acceptors (Lipinski definition) is 4. The molecule has 1 N–H and O–H groups in total. The second-order valence-electron chi connectivity index (χ2n) is 5.33. The minimum Gasteiger partial charge on any atom is -0.444 e. The van der Waals surface area contributed by atoms with Crippen molar-refractivity contribution in [3.63, 3.8) is 0 Å². The first-order chi connectivity index (χ1) is 8.33. The highest BCUT2D eigenvalue weighted by atomic mass is 16.6. The fourth-order valence-electron chi connectivity index (χ4n) is 1.80. The first-order valence-corrected chi connectivity index (χ1v) is 6.08. The van der Waals surface area contributed by atoms with Crippen LogP contribution >= 0.6 is 0 Å². The molecule has 0 aromatic rings. The molecule has 0 radical (unpaired) electrons. The zero-order valence-electron chi connectivity index (χ0n) is 11.2. The van der Waals surface area contributed by atoms with Crippen molar-refractivity contribution in [1.29, 1.82) is 0 Å². The number of carbonyl (C=O) groups is 2. The number of amides is 1. The van der Waals surface area contributed by atoms with Crippen molar-refractivity contribution in [3.8, 4) is 0 Å². The molecule has 0 aromatic heterocycles. The Balaban J connectivity index is 2.41. The van der Waals surface area contributed by atoms with E-state index in [1.54, 1.807) is 20.8 Å². The maximum atomic E-state index is 11.5. The van der Waals surface area contributed by atoms with Crippen molar-refractivity contribution in [1.82, 2.24) is 5.32 Å². The summed E-state index contributed by atoms with van der Waals surface area (Å²) >= 11 is 0. The number of hydrogen-bond donors (Lipinski definition) is 1. The summed E-state index contributed by atoms with van der Waals surface area (Å²) < 4.78 is 10.5. The number of nitrogens with one attached hydrogen (secondary N) is 1. The Kier molecular flexibility index (Phi) is 4.90. The molecule has 102 valence electrons. The van der Waals surface area contributed by atoms with Crippen LogP contribution in [0.2, 0.25) is 0 Å². The molecule has 1 aliphatic rings. The molecular formula is C13H21NO4. The largest absolute Gasteiger partial charge is 0.444 e. The van der Waals surface area contributed by atoms with E-state index in [0.29, 0.717) is 13.2 Å². The Morgan fingerprint density at radius 3 is 2.72 bits per heavy atom. The van der Waals surface area contributed by atoms with Crippen molar-refractivity contribution in [2.24, 2.45) is 5.92 Å². The monoisotopic (exact) mass is 255 g/mol. The quantitative estimate of drug-likeness (QED) is 0.776. The van der Waals surface area contributed by atoms with Crippen molar-refractivity contribution in [3.05, 3.63) is 12.7 Å². The third kappa shape index (κ3) is 4.49. The van der Waals surface area contributed by atoms with Gasteiger partial charge in [0.25, 0.3) is 0 Å². The minimum absolute atomic E-state index is 0.0111. The van der Waals surface area contributed by atoms with Gasteiger partial charge in [0.2, 0.25) is 0 Å². The van der Waals surface area contributed by atoms with E-state index in [1.807, 2.05) is 0 Å². The van der Waals surface area contributed by atoms with Crippen LogP contribution in [0.3, 0.4) is 0 Å². The summed E-state index contributed by atoms with van der Waals surface area (Å²) in [6, 6.07) is 0. The van der Waals surface area contributed by atoms with Gasteiger partial charge in [-0.05, 0) is 33.3 Å². The van der Waals surface area contributed by atoms with E-state index >= 15 is 0 Å². The molecule has 0 bridgehead atoms. The predicted octanol–water partition coefficient (Wildman–Crippen LogP) is 1.67. The van der Waals surface area contributed by atoms with Crippen LogP contribution < -0.4 is 5.32 Å². The van der Waals surface area contributed by atoms with Crippen LogP contribution in [0.1, 0.15) is 27.2 Å². The van der Waals surface area contributed by atoms with Gasteiger partial charge in [-0.3, -0.25) is 4.79 Å². The van der Waals surface area contributed by atoms with Gasteiger partial charge in [-0.2, -0.15) is 0 Å². The van der Waals surface area contributed by atoms with E-state index in [1.165, 1.54) is 6.08 Å². The maximum Gasteiger partial charge on any atom is 0.407 e. The Labute approximate surface area is 108 Å². The molecule has 1 saturated heterocycles. The lowest BCUT2D eigenvalue weighted by molar-refractivity contribution is -0.124. The molecule has 0 spiro atoms. The zero-order chi connectivity index (χ0) is 13.8. The molecule has 0 unspecified atom stereocenters. The standard InChI is InChI=1S/C13H21NO4/c1-5-10(15)11-9(6-7-17-11)8-14-12(16)18-13(2,3)4/h5,9,11H,1,6-8H2,2-4H3,(H,14,16)/t9-,11-/m0/s1. The normalized spacial score (nSPS) is 23.5. The molecule has 5 nitrogen and oxygen atoms in total. The van der Waals surface area contributed by atoms with Crippen LogP contribution in [-0.4, -0.2) is 36.7 Å². The summed E-state index contributed by atoms with van der Waals surface area (Å²) in [5, 5.41) is 2.66. The van der Waals surface area contributed by atoms with Gasteiger partial charge in [0.05, 0.1) is 0 Å². The summed E-state index contributed by atoms with van der Waals surface area (Å²) in [6.07, 6.45) is 1.05. The lowest BCUT2D eigenvalue weighted by Crippen LogP contribution is -2.38. The van der Waals surface area contributed by atoms with Gasteiger partial charge >= 0.3 is 6.09 Å². The second-order valence-corrected chi connectivity index (χ2v) is 5.33. The van der Waals surface area contributed by atoms with Gasteiger partial charge < -0.3 is 14.8 Å². The van der Waals surface area contributed by atoms with Crippen LogP contribution in [0.25, 0.3) is 0 Å². The molecular weight excluding hydrogens is 234 g/mol. The minimum atomic E-state index is -0.521. The van der Waals surface area contributed by atoms with Crippen molar-refractivity contribution < 1.29 is 19.1 Å². The molecule has 18 heavy (non-hydrogen) atoms. The first-order valence-electron chi connectivity index (χ1n) is 6.08. The van der Waals surface area contributed by atoms with E-state index < -0.39 is 17.8 Å². The maximum absolute atomic E-state index is 11.5. The molecule has 1 amide bonds. The topological polar surface area (TPSA) is 64.6 Å². The fraction of sp³-hybridized carbons (Fsp3) is 0.692. The first kappa shape index (κ1) is 14.7. The van der Waals surface area contributed by atoms with E-state index in [9.17, 15) is 9.59 Å². The summed E-state index contributed by atoms with van der Waals surface area (Å²) in [5.41, 5.74) is -0.521. The average Bonchev–Trinajstić information content (AvgIpc) is 2.71. The van der Waals surface area contributed by atoms with Crippen LogP contribution in [0.15, 0.2) is 12.7 Å². The van der Waals surface area contributed by atoms with Crippen LogP contribution in [0.5, 0.6) is 0 Å². The smallest absolute Gasteiger partial charge is 0.407 e. The molecule has 0 aliphatic carbocycles. The summed E-state index contributed by atoms with van der Waals surface area (Å²) in [6.45, 7) is 9.75. The van der Waals surface area contributed by atoms with Gasteiger partial charge in [0.1, 0.15) is 11.7 Å².